The Morgan fingerprint density at radius 1 is 1.16 bits per heavy atom. The van der Waals surface area contributed by atoms with Crippen molar-refractivity contribution in [2.45, 2.75) is 26.3 Å². The van der Waals surface area contributed by atoms with Crippen molar-refractivity contribution in [1.82, 2.24) is 19.8 Å². The highest BCUT2D eigenvalue weighted by Crippen LogP contribution is 2.44. The summed E-state index contributed by atoms with van der Waals surface area (Å²) in [6.45, 7) is 9.28. The Hall–Kier alpha value is -3.88. The molecule has 1 aliphatic rings. The van der Waals surface area contributed by atoms with E-state index in [1.165, 1.54) is 17.7 Å². The zero-order valence-electron chi connectivity index (χ0n) is 25.3. The van der Waals surface area contributed by atoms with Crippen LogP contribution in [0.3, 0.4) is 0 Å². The van der Waals surface area contributed by atoms with Crippen LogP contribution in [0.5, 0.6) is 11.5 Å². The zero-order valence-corrected chi connectivity index (χ0v) is 26.9. The van der Waals surface area contributed by atoms with Crippen LogP contribution >= 0.6 is 22.9 Å². The van der Waals surface area contributed by atoms with Crippen molar-refractivity contribution in [3.8, 4) is 34.5 Å². The number of likely N-dealkylation sites (N-methyl/N-ethyl adjacent to an activating group) is 1. The second kappa shape index (κ2) is 14.3. The highest BCUT2D eigenvalue weighted by molar-refractivity contribution is 7.19. The van der Waals surface area contributed by atoms with Gasteiger partial charge in [0.25, 0.3) is 0 Å². The summed E-state index contributed by atoms with van der Waals surface area (Å²) in [5, 5.41) is 14.6. The third-order valence-electron chi connectivity index (χ3n) is 7.83. The van der Waals surface area contributed by atoms with Gasteiger partial charge in [-0.2, -0.15) is 0 Å². The van der Waals surface area contributed by atoms with Crippen molar-refractivity contribution in [3.63, 3.8) is 0 Å². The molecule has 0 amide bonds. The minimum Gasteiger partial charge on any atom is -0.496 e. The lowest BCUT2D eigenvalue weighted by molar-refractivity contribution is -0.137. The minimum absolute atomic E-state index is 0.191. The number of hydrogen-bond acceptors (Lipinski definition) is 9. The van der Waals surface area contributed by atoms with Gasteiger partial charge in [-0.15, -0.1) is 17.3 Å². The van der Waals surface area contributed by atoms with Crippen LogP contribution < -0.4 is 14.8 Å². The number of ether oxygens (including phenoxy) is 2. The maximum Gasteiger partial charge on any atom is 0.326 e. The fraction of sp³-hybridized carbons (Fsp3) is 0.364. The van der Waals surface area contributed by atoms with Crippen molar-refractivity contribution in [3.05, 3.63) is 63.8 Å². The number of fused-ring (bicyclic) bond motifs is 1. The van der Waals surface area contributed by atoms with Gasteiger partial charge in [0.1, 0.15) is 41.1 Å². The summed E-state index contributed by atoms with van der Waals surface area (Å²) >= 11 is 8.34. The molecule has 0 unspecified atom stereocenters. The summed E-state index contributed by atoms with van der Waals surface area (Å²) in [6, 6.07) is 10.3. The van der Waals surface area contributed by atoms with Gasteiger partial charge in [0.05, 0.1) is 22.4 Å². The van der Waals surface area contributed by atoms with Crippen LogP contribution in [0.1, 0.15) is 22.9 Å². The van der Waals surface area contributed by atoms with E-state index in [0.29, 0.717) is 39.2 Å². The van der Waals surface area contributed by atoms with Crippen LogP contribution in [-0.2, 0) is 11.2 Å². The second-order valence-corrected chi connectivity index (χ2v) is 12.1. The third-order valence-corrected chi connectivity index (χ3v) is 9.32. The normalized spacial score (nSPS) is 14.6. The van der Waals surface area contributed by atoms with Crippen molar-refractivity contribution in [2.75, 3.05) is 58.8 Å². The van der Waals surface area contributed by atoms with Crippen molar-refractivity contribution < 1.29 is 19.4 Å². The molecule has 0 saturated carbocycles. The monoisotopic (exact) mass is 633 g/mol. The molecule has 3 heterocycles. The highest BCUT2D eigenvalue weighted by atomic mass is 35.5. The molecule has 5 rings (SSSR count). The Kier molecular flexibility index (Phi) is 10.2. The first-order valence-corrected chi connectivity index (χ1v) is 15.6. The number of benzene rings is 2. The average Bonchev–Trinajstić information content (AvgIpc) is 3.39. The first-order chi connectivity index (χ1) is 21.3. The first kappa shape index (κ1) is 31.5. The quantitative estimate of drug-likeness (QED) is 0.209. The van der Waals surface area contributed by atoms with E-state index in [9.17, 15) is 9.90 Å². The van der Waals surface area contributed by atoms with Gasteiger partial charge in [-0.25, -0.2) is 14.8 Å². The van der Waals surface area contributed by atoms with Gasteiger partial charge < -0.3 is 24.8 Å². The molecule has 11 heteroatoms. The van der Waals surface area contributed by atoms with Crippen LogP contribution in [0.15, 0.2) is 42.7 Å². The summed E-state index contributed by atoms with van der Waals surface area (Å²) in [4.78, 5) is 27.7. The van der Waals surface area contributed by atoms with E-state index in [-0.39, 0.29) is 6.42 Å². The van der Waals surface area contributed by atoms with Crippen molar-refractivity contribution in [2.24, 2.45) is 0 Å². The maximum absolute atomic E-state index is 12.4. The summed E-state index contributed by atoms with van der Waals surface area (Å²) in [5.41, 5.74) is 3.28. The van der Waals surface area contributed by atoms with E-state index < -0.39 is 12.0 Å². The molecule has 0 radical (unpaired) electrons. The molecule has 9 nitrogen and oxygen atoms in total. The fourth-order valence-corrected chi connectivity index (χ4v) is 6.64. The van der Waals surface area contributed by atoms with E-state index in [1.54, 1.807) is 14.0 Å². The average molecular weight is 634 g/mol. The smallest absolute Gasteiger partial charge is 0.326 e. The number of rotatable bonds is 11. The maximum atomic E-state index is 12.4. The molecular formula is C33H36ClN5O4S. The summed E-state index contributed by atoms with van der Waals surface area (Å²) in [5.74, 6) is 6.88. The van der Waals surface area contributed by atoms with Gasteiger partial charge in [0.2, 0.25) is 0 Å². The fourth-order valence-electron chi connectivity index (χ4n) is 5.36. The molecule has 2 aromatic heterocycles. The molecule has 1 atom stereocenters. The number of aromatic nitrogens is 2. The number of nitrogens with zero attached hydrogens (tertiary/aromatic N) is 4. The molecule has 2 aromatic carbocycles. The number of nitrogens with one attached hydrogen (secondary N) is 1. The second-order valence-electron chi connectivity index (χ2n) is 10.7. The van der Waals surface area contributed by atoms with Gasteiger partial charge in [-0.05, 0) is 49.7 Å². The number of aliphatic carboxylic acids is 1. The molecule has 1 saturated heterocycles. The molecule has 0 bridgehead atoms. The molecule has 230 valence electrons. The summed E-state index contributed by atoms with van der Waals surface area (Å²) < 4.78 is 11.6. The molecule has 1 aliphatic heterocycles. The molecule has 0 spiro atoms. The Labute approximate surface area is 266 Å². The standard InChI is InChI=1S/C33H36ClN5O4S/c1-5-8-27-28(23-11-12-26(30(34)21(23)2)43-18-17-39-15-13-38(3)14-16-39)29-31(35-20-36-32(29)44-27)37-24(33(40)41)19-22-9-6-7-10-25(22)42-4/h6-7,9-12,20,24H,13-19H2,1-4H3,(H,40,41)(H,35,36,37)/t24-/m1/s1. The number of halogens is 1. The minimum atomic E-state index is -1.01. The Balaban J connectivity index is 1.47. The Morgan fingerprint density at radius 2 is 1.93 bits per heavy atom. The number of carboxylic acids is 1. The molecule has 4 aromatic rings. The van der Waals surface area contributed by atoms with Crippen molar-refractivity contribution >= 4 is 44.9 Å². The summed E-state index contributed by atoms with van der Waals surface area (Å²) in [7, 11) is 3.71. The number of methoxy groups -OCH3 is 1. The van der Waals surface area contributed by atoms with E-state index in [4.69, 9.17) is 21.1 Å². The number of carboxylic acid groups (broad SMARTS) is 1. The van der Waals surface area contributed by atoms with Gasteiger partial charge in [0.15, 0.2) is 0 Å². The van der Waals surface area contributed by atoms with E-state index in [0.717, 1.165) is 59.9 Å². The summed E-state index contributed by atoms with van der Waals surface area (Å²) in [6.07, 6.45) is 1.63. The van der Waals surface area contributed by atoms with Gasteiger partial charge in [-0.1, -0.05) is 41.8 Å². The molecule has 0 aliphatic carbocycles. The number of para-hydroxylation sites is 1. The number of thiophene rings is 1. The topological polar surface area (TPSA) is 100 Å². The first-order valence-electron chi connectivity index (χ1n) is 14.4. The van der Waals surface area contributed by atoms with Crippen LogP contribution in [0, 0.1) is 18.8 Å². The molecule has 2 N–H and O–H groups in total. The molecule has 44 heavy (non-hydrogen) atoms. The van der Waals surface area contributed by atoms with Crippen LogP contribution in [0.4, 0.5) is 5.82 Å². The van der Waals surface area contributed by atoms with Gasteiger partial charge in [-0.3, -0.25) is 4.90 Å². The lowest BCUT2D eigenvalue weighted by Crippen LogP contribution is -2.45. The van der Waals surface area contributed by atoms with Crippen LogP contribution in [0.2, 0.25) is 5.02 Å². The van der Waals surface area contributed by atoms with E-state index >= 15 is 0 Å². The number of hydrogen-bond donors (Lipinski definition) is 2. The lowest BCUT2D eigenvalue weighted by atomic mass is 9.97. The third kappa shape index (κ3) is 6.92. The largest absolute Gasteiger partial charge is 0.496 e. The SMILES string of the molecule is CC#Cc1sc2ncnc(N[C@H](Cc3ccccc3OC)C(=O)O)c2c1-c1ccc(OCCN2CCN(C)CC2)c(Cl)c1C. The van der Waals surface area contributed by atoms with Crippen LogP contribution in [-0.4, -0.2) is 90.4 Å². The van der Waals surface area contributed by atoms with Crippen molar-refractivity contribution in [1.29, 1.82) is 0 Å². The van der Waals surface area contributed by atoms with E-state index in [1.807, 2.05) is 43.3 Å². The van der Waals surface area contributed by atoms with Gasteiger partial charge in [0, 0.05) is 44.7 Å². The van der Waals surface area contributed by atoms with Crippen LogP contribution in [0.25, 0.3) is 21.3 Å². The number of anilines is 1. The lowest BCUT2D eigenvalue weighted by Gasteiger charge is -2.32. The highest BCUT2D eigenvalue weighted by Gasteiger charge is 2.26. The zero-order chi connectivity index (χ0) is 31.2. The Morgan fingerprint density at radius 3 is 2.66 bits per heavy atom. The Bertz CT molecular complexity index is 1710. The predicted molar refractivity (Wildman–Crippen MR) is 176 cm³/mol. The molecule has 1 fully saturated rings. The molecular weight excluding hydrogens is 598 g/mol. The number of piperazine rings is 1. The predicted octanol–water partition coefficient (Wildman–Crippen LogP) is 5.43. The van der Waals surface area contributed by atoms with Gasteiger partial charge >= 0.3 is 5.97 Å². The van der Waals surface area contributed by atoms with E-state index in [2.05, 4.69) is 44.0 Å². The number of carbonyl (C=O) groups is 1.